The van der Waals surface area contributed by atoms with Crippen molar-refractivity contribution in [3.05, 3.63) is 24.3 Å². The normalized spacial score (nSPS) is 15.7. The standard InChI is InChI=1S/C12H12FNO4/c1-2-17-12(16)11(13)14-8-5-3-4-6-9(8)18-7-10(14)15/h3-6,11H,2,7H2,1H3. The molecule has 1 aromatic rings. The predicted octanol–water partition coefficient (Wildman–Crippen LogP) is 1.27. The van der Waals surface area contributed by atoms with Gasteiger partial charge in [0.25, 0.3) is 12.2 Å². The monoisotopic (exact) mass is 253 g/mol. The summed E-state index contributed by atoms with van der Waals surface area (Å²) < 4.78 is 23.7. The van der Waals surface area contributed by atoms with Gasteiger partial charge in [-0.05, 0) is 19.1 Å². The van der Waals surface area contributed by atoms with Crippen LogP contribution in [0.2, 0.25) is 0 Å². The lowest BCUT2D eigenvalue weighted by atomic mass is 10.2. The first-order valence-corrected chi connectivity index (χ1v) is 5.49. The van der Waals surface area contributed by atoms with Crippen LogP contribution in [0.15, 0.2) is 24.3 Å². The van der Waals surface area contributed by atoms with Crippen LogP contribution in [0.5, 0.6) is 5.75 Å². The number of halogens is 1. The maximum absolute atomic E-state index is 14.0. The lowest BCUT2D eigenvalue weighted by molar-refractivity contribution is -0.150. The zero-order valence-corrected chi connectivity index (χ0v) is 9.76. The molecule has 1 unspecified atom stereocenters. The second-order valence-corrected chi connectivity index (χ2v) is 3.61. The third-order valence-electron chi connectivity index (χ3n) is 2.45. The van der Waals surface area contributed by atoms with Crippen molar-refractivity contribution in [1.82, 2.24) is 0 Å². The highest BCUT2D eigenvalue weighted by molar-refractivity contribution is 6.02. The van der Waals surface area contributed by atoms with Crippen LogP contribution >= 0.6 is 0 Å². The maximum Gasteiger partial charge on any atom is 0.362 e. The molecule has 1 aromatic carbocycles. The highest BCUT2D eigenvalue weighted by atomic mass is 19.1. The Labute approximate surface area is 103 Å². The molecular weight excluding hydrogens is 241 g/mol. The minimum atomic E-state index is -2.15. The summed E-state index contributed by atoms with van der Waals surface area (Å²) in [5.41, 5.74) is 0.231. The van der Waals surface area contributed by atoms with Crippen LogP contribution < -0.4 is 9.64 Å². The second kappa shape index (κ2) is 5.03. The van der Waals surface area contributed by atoms with Gasteiger partial charge >= 0.3 is 5.97 Å². The molecule has 6 heteroatoms. The maximum atomic E-state index is 14.0. The molecule has 1 aliphatic rings. The van der Waals surface area contributed by atoms with Crippen molar-refractivity contribution in [3.8, 4) is 5.75 Å². The first-order valence-electron chi connectivity index (χ1n) is 5.49. The van der Waals surface area contributed by atoms with Crippen molar-refractivity contribution >= 4 is 17.6 Å². The lowest BCUT2D eigenvalue weighted by Crippen LogP contribution is -2.47. The molecule has 0 radical (unpaired) electrons. The number of nitrogens with zero attached hydrogens (tertiary/aromatic N) is 1. The molecule has 0 saturated carbocycles. The summed E-state index contributed by atoms with van der Waals surface area (Å²) in [6.07, 6.45) is -2.15. The number of ether oxygens (including phenoxy) is 2. The smallest absolute Gasteiger partial charge is 0.362 e. The Morgan fingerprint density at radius 3 is 3.00 bits per heavy atom. The number of carbonyl (C=O) groups excluding carboxylic acids is 2. The summed E-state index contributed by atoms with van der Waals surface area (Å²) in [4.78, 5) is 23.8. The molecule has 0 spiro atoms. The zero-order valence-electron chi connectivity index (χ0n) is 9.76. The van der Waals surface area contributed by atoms with Gasteiger partial charge in [0.2, 0.25) is 0 Å². The number of alkyl halides is 1. The number of amides is 1. The van der Waals surface area contributed by atoms with E-state index < -0.39 is 18.2 Å². The van der Waals surface area contributed by atoms with Gasteiger partial charge in [-0.3, -0.25) is 9.69 Å². The fraction of sp³-hybridized carbons (Fsp3) is 0.333. The van der Waals surface area contributed by atoms with Crippen LogP contribution in [-0.4, -0.2) is 31.4 Å². The molecular formula is C12H12FNO4. The second-order valence-electron chi connectivity index (χ2n) is 3.61. The topological polar surface area (TPSA) is 55.8 Å². The molecule has 0 saturated heterocycles. The van der Waals surface area contributed by atoms with Crippen molar-refractivity contribution in [1.29, 1.82) is 0 Å². The molecule has 0 bridgehead atoms. The molecule has 0 N–H and O–H groups in total. The van der Waals surface area contributed by atoms with Crippen molar-refractivity contribution in [2.24, 2.45) is 0 Å². The lowest BCUT2D eigenvalue weighted by Gasteiger charge is -2.30. The third kappa shape index (κ3) is 2.13. The summed E-state index contributed by atoms with van der Waals surface area (Å²) in [6, 6.07) is 6.45. The predicted molar refractivity (Wildman–Crippen MR) is 61.0 cm³/mol. The van der Waals surface area contributed by atoms with E-state index in [-0.39, 0.29) is 18.9 Å². The van der Waals surface area contributed by atoms with Gasteiger partial charge in [0.1, 0.15) is 5.75 Å². The highest BCUT2D eigenvalue weighted by Crippen LogP contribution is 2.33. The molecule has 1 amide bonds. The van der Waals surface area contributed by atoms with Gasteiger partial charge in [-0.2, -0.15) is 0 Å². The first kappa shape index (κ1) is 12.3. The van der Waals surface area contributed by atoms with Gasteiger partial charge in [0.05, 0.1) is 12.3 Å². The average molecular weight is 253 g/mol. The van der Waals surface area contributed by atoms with E-state index >= 15 is 0 Å². The van der Waals surface area contributed by atoms with E-state index in [4.69, 9.17) is 4.74 Å². The van der Waals surface area contributed by atoms with E-state index in [1.54, 1.807) is 25.1 Å². The van der Waals surface area contributed by atoms with E-state index in [1.807, 2.05) is 0 Å². The van der Waals surface area contributed by atoms with Crippen molar-refractivity contribution in [3.63, 3.8) is 0 Å². The van der Waals surface area contributed by atoms with Crippen LogP contribution in [0.1, 0.15) is 6.92 Å². The van der Waals surface area contributed by atoms with E-state index in [9.17, 15) is 14.0 Å². The molecule has 96 valence electrons. The van der Waals surface area contributed by atoms with Crippen LogP contribution in [0.4, 0.5) is 10.1 Å². The van der Waals surface area contributed by atoms with Gasteiger partial charge in [-0.25, -0.2) is 9.18 Å². The van der Waals surface area contributed by atoms with Gasteiger partial charge in [-0.15, -0.1) is 0 Å². The first-order chi connectivity index (χ1) is 8.65. The largest absolute Gasteiger partial charge is 0.482 e. The van der Waals surface area contributed by atoms with Crippen LogP contribution in [0.25, 0.3) is 0 Å². The number of anilines is 1. The molecule has 0 aromatic heterocycles. The van der Waals surface area contributed by atoms with E-state index in [0.29, 0.717) is 5.75 Å². The van der Waals surface area contributed by atoms with Crippen LogP contribution in [0.3, 0.4) is 0 Å². The highest BCUT2D eigenvalue weighted by Gasteiger charge is 2.36. The molecule has 18 heavy (non-hydrogen) atoms. The summed E-state index contributed by atoms with van der Waals surface area (Å²) >= 11 is 0. The Morgan fingerprint density at radius 1 is 1.56 bits per heavy atom. The number of esters is 1. The Morgan fingerprint density at radius 2 is 2.28 bits per heavy atom. The summed E-state index contributed by atoms with van der Waals surface area (Å²) in [6.45, 7) is 1.33. The number of fused-ring (bicyclic) bond motifs is 1. The minimum absolute atomic E-state index is 0.0550. The zero-order chi connectivity index (χ0) is 13.1. The fourth-order valence-corrected chi connectivity index (χ4v) is 1.69. The van der Waals surface area contributed by atoms with Gasteiger partial charge in [-0.1, -0.05) is 12.1 Å². The fourth-order valence-electron chi connectivity index (χ4n) is 1.69. The summed E-state index contributed by atoms with van der Waals surface area (Å²) in [5, 5.41) is 0. The number of hydrogen-bond donors (Lipinski definition) is 0. The molecule has 1 aliphatic heterocycles. The summed E-state index contributed by atoms with van der Waals surface area (Å²) in [7, 11) is 0. The third-order valence-corrected chi connectivity index (χ3v) is 2.45. The van der Waals surface area contributed by atoms with Crippen molar-refractivity contribution < 1.29 is 23.5 Å². The average Bonchev–Trinajstić information content (AvgIpc) is 2.38. The quantitative estimate of drug-likeness (QED) is 0.601. The van der Waals surface area contributed by atoms with E-state index in [0.717, 1.165) is 4.90 Å². The molecule has 0 aliphatic carbocycles. The van der Waals surface area contributed by atoms with Crippen LogP contribution in [-0.2, 0) is 14.3 Å². The van der Waals surface area contributed by atoms with Crippen molar-refractivity contribution in [2.75, 3.05) is 18.1 Å². The Balaban J connectivity index is 2.31. The molecule has 5 nitrogen and oxygen atoms in total. The number of benzene rings is 1. The SMILES string of the molecule is CCOC(=O)C(F)N1C(=O)COc2ccccc21. The molecule has 0 fully saturated rings. The Hall–Kier alpha value is -2.11. The number of rotatable bonds is 3. The minimum Gasteiger partial charge on any atom is -0.482 e. The van der Waals surface area contributed by atoms with Gasteiger partial charge in [0.15, 0.2) is 6.61 Å². The van der Waals surface area contributed by atoms with Gasteiger partial charge < -0.3 is 9.47 Å². The number of carbonyl (C=O) groups is 2. The van der Waals surface area contributed by atoms with E-state index in [2.05, 4.69) is 4.74 Å². The molecule has 1 atom stereocenters. The molecule has 2 rings (SSSR count). The Kier molecular flexibility index (Phi) is 3.45. The van der Waals surface area contributed by atoms with Crippen LogP contribution in [0, 0.1) is 0 Å². The van der Waals surface area contributed by atoms with E-state index in [1.165, 1.54) is 6.07 Å². The number of para-hydroxylation sites is 2. The Bertz CT molecular complexity index is 477. The molecule has 1 heterocycles. The van der Waals surface area contributed by atoms with Gasteiger partial charge in [0, 0.05) is 0 Å². The summed E-state index contributed by atoms with van der Waals surface area (Å²) in [5.74, 6) is -1.33. The van der Waals surface area contributed by atoms with Crippen molar-refractivity contribution in [2.45, 2.75) is 13.2 Å². The number of hydrogen-bond acceptors (Lipinski definition) is 4.